The monoisotopic (exact) mass is 568 g/mol. The number of carbonyl (C=O) groups excluding carboxylic acids is 1. The Balaban J connectivity index is 0.00000462. The Morgan fingerprint density at radius 2 is 1.46 bits per heavy atom. The molecule has 4 rings (SSSR count). The number of hydrogen-bond acceptors (Lipinski definition) is 8. The van der Waals surface area contributed by atoms with Gasteiger partial charge in [0.1, 0.15) is 54.7 Å². The minimum Gasteiger partial charge on any atom is -0.542 e. The van der Waals surface area contributed by atoms with Crippen molar-refractivity contribution in [2.75, 3.05) is 13.2 Å². The summed E-state index contributed by atoms with van der Waals surface area (Å²) in [5.41, 5.74) is 2.23. The summed E-state index contributed by atoms with van der Waals surface area (Å²) < 4.78 is 23.5. The van der Waals surface area contributed by atoms with Crippen molar-refractivity contribution in [3.63, 3.8) is 0 Å². The van der Waals surface area contributed by atoms with Crippen LogP contribution in [0.5, 0.6) is 17.2 Å². The van der Waals surface area contributed by atoms with Crippen molar-refractivity contribution < 1.29 is 63.2 Å². The molecule has 0 amide bonds. The van der Waals surface area contributed by atoms with Gasteiger partial charge in [0, 0.05) is 17.2 Å². The maximum atomic E-state index is 12.4. The SMILES string of the molecule is CCCc1c(OCc2ccccc2)cccc1OCC(O)COc1ccc2c(=O)cc(C(=O)[O-])oc2c1CCC.[Na+]. The van der Waals surface area contributed by atoms with Gasteiger partial charge in [-0.15, -0.1) is 0 Å². The van der Waals surface area contributed by atoms with E-state index in [1.54, 1.807) is 6.07 Å². The van der Waals surface area contributed by atoms with Crippen LogP contribution in [0.3, 0.4) is 0 Å². The number of rotatable bonds is 14. The second kappa shape index (κ2) is 15.6. The van der Waals surface area contributed by atoms with E-state index in [1.807, 2.05) is 55.5 Å². The van der Waals surface area contributed by atoms with Crippen molar-refractivity contribution in [2.24, 2.45) is 0 Å². The van der Waals surface area contributed by atoms with Crippen LogP contribution >= 0.6 is 0 Å². The third-order valence-electron chi connectivity index (χ3n) is 6.35. The summed E-state index contributed by atoms with van der Waals surface area (Å²) in [7, 11) is 0. The molecule has 0 saturated carbocycles. The first-order valence-corrected chi connectivity index (χ1v) is 13.4. The Kier molecular flexibility index (Phi) is 12.3. The number of carboxylic acid groups (broad SMARTS) is 1. The van der Waals surface area contributed by atoms with Crippen molar-refractivity contribution in [2.45, 2.75) is 52.2 Å². The molecular weight excluding hydrogens is 535 g/mol. The summed E-state index contributed by atoms with van der Waals surface area (Å²) >= 11 is 0. The van der Waals surface area contributed by atoms with E-state index >= 15 is 0 Å². The molecule has 0 aliphatic heterocycles. The third-order valence-corrected chi connectivity index (χ3v) is 6.35. The van der Waals surface area contributed by atoms with E-state index in [-0.39, 0.29) is 53.7 Å². The number of aliphatic hydroxyl groups is 1. The van der Waals surface area contributed by atoms with Gasteiger partial charge in [-0.2, -0.15) is 0 Å². The Hall–Kier alpha value is -3.30. The van der Waals surface area contributed by atoms with E-state index in [9.17, 15) is 19.8 Å². The minimum atomic E-state index is -1.57. The predicted octanol–water partition coefficient (Wildman–Crippen LogP) is 1.46. The van der Waals surface area contributed by atoms with Crippen LogP contribution in [-0.2, 0) is 19.4 Å². The Morgan fingerprint density at radius 1 is 0.854 bits per heavy atom. The number of aliphatic hydroxyl groups excluding tert-OH is 1. The molecule has 1 unspecified atom stereocenters. The van der Waals surface area contributed by atoms with Gasteiger partial charge in [-0.05, 0) is 42.7 Å². The summed E-state index contributed by atoms with van der Waals surface area (Å²) in [6, 6.07) is 19.6. The number of aromatic carboxylic acids is 1. The first-order chi connectivity index (χ1) is 19.4. The summed E-state index contributed by atoms with van der Waals surface area (Å²) in [6.07, 6.45) is 1.86. The number of aryl methyl sites for hydroxylation is 1. The van der Waals surface area contributed by atoms with Crippen LogP contribution in [0.2, 0.25) is 0 Å². The minimum absolute atomic E-state index is 0. The molecular formula is C32H33NaO8. The molecule has 1 heterocycles. The van der Waals surface area contributed by atoms with Crippen LogP contribution in [0, 0.1) is 0 Å². The second-order valence-electron chi connectivity index (χ2n) is 9.46. The van der Waals surface area contributed by atoms with Gasteiger partial charge in [0.05, 0.1) is 5.39 Å². The molecule has 1 N–H and O–H groups in total. The number of hydrogen-bond donors (Lipinski definition) is 1. The summed E-state index contributed by atoms with van der Waals surface area (Å²) in [4.78, 5) is 23.7. The van der Waals surface area contributed by atoms with E-state index in [4.69, 9.17) is 18.6 Å². The molecule has 41 heavy (non-hydrogen) atoms. The summed E-state index contributed by atoms with van der Waals surface area (Å²) in [5, 5.41) is 22.2. The van der Waals surface area contributed by atoms with E-state index in [1.165, 1.54) is 6.07 Å². The molecule has 0 aliphatic carbocycles. The van der Waals surface area contributed by atoms with Gasteiger partial charge < -0.3 is 33.6 Å². The fourth-order valence-electron chi connectivity index (χ4n) is 4.45. The van der Waals surface area contributed by atoms with E-state index < -0.39 is 23.3 Å². The van der Waals surface area contributed by atoms with Crippen molar-refractivity contribution >= 4 is 16.9 Å². The molecule has 4 aromatic rings. The Morgan fingerprint density at radius 3 is 2.10 bits per heavy atom. The molecule has 0 spiro atoms. The van der Waals surface area contributed by atoms with Gasteiger partial charge in [-0.25, -0.2) is 0 Å². The van der Waals surface area contributed by atoms with Crippen LogP contribution in [0.4, 0.5) is 0 Å². The van der Waals surface area contributed by atoms with Gasteiger partial charge in [-0.1, -0.05) is 63.1 Å². The predicted molar refractivity (Wildman–Crippen MR) is 149 cm³/mol. The standard InChI is InChI=1S/C32H34O8.Na/c1-3-9-24-27(37-18-21-11-6-5-7-12-21)13-8-14-28(24)38-19-22(33)20-39-29-16-15-23-26(34)17-30(32(35)36)40-31(23)25(29)10-4-2;/h5-8,11-17,22,33H,3-4,9-10,18-20H2,1-2H3,(H,35,36);/q;+1/p-1. The number of carboxylic acids is 1. The zero-order valence-corrected chi connectivity index (χ0v) is 25.7. The molecule has 1 atom stereocenters. The van der Waals surface area contributed by atoms with Gasteiger partial charge in [0.2, 0.25) is 0 Å². The third kappa shape index (κ3) is 8.36. The molecule has 0 saturated heterocycles. The summed E-state index contributed by atoms with van der Waals surface area (Å²) in [5.74, 6) is -0.335. The van der Waals surface area contributed by atoms with Crippen LogP contribution in [0.25, 0.3) is 11.0 Å². The molecule has 0 radical (unpaired) electrons. The first kappa shape index (κ1) is 32.2. The normalized spacial score (nSPS) is 11.5. The number of carbonyl (C=O) groups is 1. The van der Waals surface area contributed by atoms with Gasteiger partial charge in [-0.3, -0.25) is 4.79 Å². The largest absolute Gasteiger partial charge is 1.00 e. The molecule has 0 bridgehead atoms. The number of fused-ring (bicyclic) bond motifs is 1. The first-order valence-electron chi connectivity index (χ1n) is 13.4. The van der Waals surface area contributed by atoms with E-state index in [0.717, 1.165) is 35.8 Å². The van der Waals surface area contributed by atoms with Crippen LogP contribution in [-0.4, -0.2) is 30.4 Å². The van der Waals surface area contributed by atoms with Crippen molar-refractivity contribution in [3.05, 3.63) is 99.4 Å². The van der Waals surface area contributed by atoms with Gasteiger partial charge in [0.25, 0.3) is 0 Å². The fourth-order valence-corrected chi connectivity index (χ4v) is 4.45. The zero-order valence-electron chi connectivity index (χ0n) is 23.7. The average Bonchev–Trinajstić information content (AvgIpc) is 2.96. The Labute approximate surface area is 261 Å². The molecule has 210 valence electrons. The van der Waals surface area contributed by atoms with E-state index in [0.29, 0.717) is 36.5 Å². The van der Waals surface area contributed by atoms with E-state index in [2.05, 4.69) is 6.92 Å². The molecule has 1 aromatic heterocycles. The van der Waals surface area contributed by atoms with Crippen LogP contribution < -0.4 is 54.3 Å². The maximum absolute atomic E-state index is 12.4. The van der Waals surface area contributed by atoms with Gasteiger partial charge in [0.15, 0.2) is 11.2 Å². The molecule has 0 aliphatic rings. The van der Waals surface area contributed by atoms with Gasteiger partial charge >= 0.3 is 29.6 Å². The topological polar surface area (TPSA) is 118 Å². The average molecular weight is 569 g/mol. The van der Waals surface area contributed by atoms with Crippen molar-refractivity contribution in [3.8, 4) is 17.2 Å². The van der Waals surface area contributed by atoms with Crippen molar-refractivity contribution in [1.82, 2.24) is 0 Å². The fraction of sp³-hybridized carbons (Fsp3) is 0.312. The molecule has 8 nitrogen and oxygen atoms in total. The smallest absolute Gasteiger partial charge is 0.542 e. The second-order valence-corrected chi connectivity index (χ2v) is 9.46. The van der Waals surface area contributed by atoms with Crippen LogP contribution in [0.1, 0.15) is 53.9 Å². The van der Waals surface area contributed by atoms with Crippen molar-refractivity contribution in [1.29, 1.82) is 0 Å². The number of ether oxygens (including phenoxy) is 3. The maximum Gasteiger partial charge on any atom is 1.00 e. The number of benzene rings is 3. The quantitative estimate of drug-likeness (QED) is 0.227. The Bertz CT molecular complexity index is 1500. The molecule has 9 heteroatoms. The zero-order chi connectivity index (χ0) is 28.5. The van der Waals surface area contributed by atoms with Crippen LogP contribution in [0.15, 0.2) is 75.9 Å². The molecule has 0 fully saturated rings. The molecule has 3 aromatic carbocycles. The summed E-state index contributed by atoms with van der Waals surface area (Å²) in [6.45, 7) is 4.36.